The van der Waals surface area contributed by atoms with Crippen molar-refractivity contribution in [2.24, 2.45) is 0 Å². The van der Waals surface area contributed by atoms with Crippen LogP contribution >= 0.6 is 0 Å². The average Bonchev–Trinajstić information content (AvgIpc) is 2.87. The Morgan fingerprint density at radius 2 is 1.80 bits per heavy atom. The van der Waals surface area contributed by atoms with Crippen LogP contribution in [0.25, 0.3) is 0 Å². The molecule has 1 heterocycles. The van der Waals surface area contributed by atoms with Crippen LogP contribution in [0.15, 0.2) is 36.4 Å². The van der Waals surface area contributed by atoms with Gasteiger partial charge in [0, 0.05) is 30.9 Å². The second-order valence-corrected chi connectivity index (χ2v) is 4.67. The van der Waals surface area contributed by atoms with E-state index < -0.39 is 0 Å². The minimum atomic E-state index is -0.270. The van der Waals surface area contributed by atoms with Crippen LogP contribution in [0.4, 0.5) is 10.1 Å². The van der Waals surface area contributed by atoms with Crippen LogP contribution in [0.1, 0.15) is 5.56 Å². The monoisotopic (exact) mass is 275 g/mol. The molecule has 0 spiro atoms. The van der Waals surface area contributed by atoms with Crippen LogP contribution in [0.5, 0.6) is 17.2 Å². The number of benzene rings is 2. The van der Waals surface area contributed by atoms with Crippen molar-refractivity contribution in [1.82, 2.24) is 0 Å². The fourth-order valence-corrected chi connectivity index (χ4v) is 2.14. The van der Waals surface area contributed by atoms with Crippen LogP contribution < -0.4 is 14.4 Å². The van der Waals surface area contributed by atoms with Crippen molar-refractivity contribution >= 4 is 5.69 Å². The Kier molecular flexibility index (Phi) is 3.10. The summed E-state index contributed by atoms with van der Waals surface area (Å²) >= 11 is 0. The minimum Gasteiger partial charge on any atom is -0.507 e. The third kappa shape index (κ3) is 2.34. The first-order chi connectivity index (χ1) is 9.63. The molecule has 0 aromatic heterocycles. The standard InChI is InChI=1S/C15H14FNO3/c1-17(12-4-2-11(16)3-5-12)8-10-6-14-15(7-13(10)18)20-9-19-14/h2-7,18H,8-9H2,1H3. The quantitative estimate of drug-likeness (QED) is 0.935. The summed E-state index contributed by atoms with van der Waals surface area (Å²) in [6, 6.07) is 9.52. The topological polar surface area (TPSA) is 41.9 Å². The maximum absolute atomic E-state index is 12.9. The predicted octanol–water partition coefficient (Wildman–Crippen LogP) is 2.90. The Bertz CT molecular complexity index is 628. The summed E-state index contributed by atoms with van der Waals surface area (Å²) in [6.07, 6.45) is 0. The Labute approximate surface area is 116 Å². The lowest BCUT2D eigenvalue weighted by atomic mass is 10.1. The number of anilines is 1. The van der Waals surface area contributed by atoms with Crippen molar-refractivity contribution in [3.63, 3.8) is 0 Å². The Morgan fingerprint density at radius 3 is 2.50 bits per heavy atom. The van der Waals surface area contributed by atoms with Gasteiger partial charge in [-0.05, 0) is 30.3 Å². The third-order valence-corrected chi connectivity index (χ3v) is 3.25. The van der Waals surface area contributed by atoms with E-state index in [1.807, 2.05) is 11.9 Å². The molecule has 2 aromatic carbocycles. The van der Waals surface area contributed by atoms with E-state index in [1.165, 1.54) is 12.1 Å². The van der Waals surface area contributed by atoms with Crippen LogP contribution in [0, 0.1) is 5.82 Å². The van der Waals surface area contributed by atoms with Crippen molar-refractivity contribution in [3.05, 3.63) is 47.8 Å². The summed E-state index contributed by atoms with van der Waals surface area (Å²) in [7, 11) is 1.87. The first-order valence-electron chi connectivity index (χ1n) is 6.21. The number of phenolic OH excluding ortho intramolecular Hbond substituents is 1. The lowest BCUT2D eigenvalue weighted by Crippen LogP contribution is -2.16. The number of nitrogens with zero attached hydrogens (tertiary/aromatic N) is 1. The molecule has 20 heavy (non-hydrogen) atoms. The van der Waals surface area contributed by atoms with E-state index in [4.69, 9.17) is 9.47 Å². The van der Waals surface area contributed by atoms with E-state index in [2.05, 4.69) is 0 Å². The normalized spacial score (nSPS) is 12.5. The highest BCUT2D eigenvalue weighted by Crippen LogP contribution is 2.38. The van der Waals surface area contributed by atoms with E-state index in [0.717, 1.165) is 11.3 Å². The van der Waals surface area contributed by atoms with Crippen molar-refractivity contribution in [2.45, 2.75) is 6.54 Å². The molecule has 2 aromatic rings. The zero-order valence-corrected chi connectivity index (χ0v) is 11.0. The molecule has 5 heteroatoms. The molecule has 0 saturated carbocycles. The van der Waals surface area contributed by atoms with E-state index in [-0.39, 0.29) is 18.4 Å². The fourth-order valence-electron chi connectivity index (χ4n) is 2.14. The number of phenols is 1. The van der Waals surface area contributed by atoms with Gasteiger partial charge in [0.1, 0.15) is 11.6 Å². The first-order valence-corrected chi connectivity index (χ1v) is 6.21. The number of fused-ring (bicyclic) bond motifs is 1. The van der Waals surface area contributed by atoms with Crippen molar-refractivity contribution < 1.29 is 19.0 Å². The number of rotatable bonds is 3. The van der Waals surface area contributed by atoms with Gasteiger partial charge in [-0.15, -0.1) is 0 Å². The van der Waals surface area contributed by atoms with Crippen LogP contribution in [0.3, 0.4) is 0 Å². The molecular weight excluding hydrogens is 261 g/mol. The molecule has 0 aliphatic carbocycles. The Hall–Kier alpha value is -2.43. The van der Waals surface area contributed by atoms with Crippen LogP contribution in [0.2, 0.25) is 0 Å². The minimum absolute atomic E-state index is 0.156. The van der Waals surface area contributed by atoms with Crippen LogP contribution in [-0.4, -0.2) is 18.9 Å². The van der Waals surface area contributed by atoms with Gasteiger partial charge in [-0.2, -0.15) is 0 Å². The summed E-state index contributed by atoms with van der Waals surface area (Å²) in [5.74, 6) is 1.07. The van der Waals surface area contributed by atoms with E-state index in [1.54, 1.807) is 24.3 Å². The van der Waals surface area contributed by atoms with Gasteiger partial charge >= 0.3 is 0 Å². The zero-order valence-electron chi connectivity index (χ0n) is 11.0. The fraction of sp³-hybridized carbons (Fsp3) is 0.200. The van der Waals surface area contributed by atoms with Crippen molar-refractivity contribution in [3.8, 4) is 17.2 Å². The van der Waals surface area contributed by atoms with Gasteiger partial charge in [-0.25, -0.2) is 4.39 Å². The summed E-state index contributed by atoms with van der Waals surface area (Å²) in [5.41, 5.74) is 1.59. The lowest BCUT2D eigenvalue weighted by molar-refractivity contribution is 0.174. The smallest absolute Gasteiger partial charge is 0.231 e. The molecule has 1 aliphatic rings. The molecule has 0 saturated heterocycles. The first kappa shape index (κ1) is 12.6. The van der Waals surface area contributed by atoms with Gasteiger partial charge in [0.15, 0.2) is 11.5 Å². The maximum atomic E-state index is 12.9. The molecular formula is C15H14FNO3. The molecule has 0 radical (unpaired) electrons. The van der Waals surface area contributed by atoms with Gasteiger partial charge in [0.05, 0.1) is 0 Å². The van der Waals surface area contributed by atoms with Gasteiger partial charge in [0.2, 0.25) is 6.79 Å². The molecule has 3 rings (SSSR count). The Morgan fingerprint density at radius 1 is 1.15 bits per heavy atom. The number of ether oxygens (including phenoxy) is 2. The van der Waals surface area contributed by atoms with E-state index in [0.29, 0.717) is 18.0 Å². The molecule has 0 amide bonds. The molecule has 0 atom stereocenters. The zero-order chi connectivity index (χ0) is 14.1. The second-order valence-electron chi connectivity index (χ2n) is 4.67. The highest BCUT2D eigenvalue weighted by Gasteiger charge is 2.17. The maximum Gasteiger partial charge on any atom is 0.231 e. The lowest BCUT2D eigenvalue weighted by Gasteiger charge is -2.20. The van der Waals surface area contributed by atoms with Gasteiger partial charge < -0.3 is 19.5 Å². The SMILES string of the molecule is CN(Cc1cc2c(cc1O)OCO2)c1ccc(F)cc1. The van der Waals surface area contributed by atoms with Gasteiger partial charge in [-0.1, -0.05) is 0 Å². The number of halogens is 1. The van der Waals surface area contributed by atoms with Crippen molar-refractivity contribution in [2.75, 3.05) is 18.7 Å². The van der Waals surface area contributed by atoms with Crippen molar-refractivity contribution in [1.29, 1.82) is 0 Å². The molecule has 104 valence electrons. The average molecular weight is 275 g/mol. The number of hydrogen-bond donors (Lipinski definition) is 1. The van der Waals surface area contributed by atoms with E-state index >= 15 is 0 Å². The number of hydrogen-bond acceptors (Lipinski definition) is 4. The highest BCUT2D eigenvalue weighted by atomic mass is 19.1. The molecule has 0 bridgehead atoms. The van der Waals surface area contributed by atoms with Gasteiger partial charge in [-0.3, -0.25) is 0 Å². The molecule has 1 N–H and O–H groups in total. The summed E-state index contributed by atoms with van der Waals surface area (Å²) in [5, 5.41) is 9.99. The Balaban J connectivity index is 1.82. The molecule has 0 unspecified atom stereocenters. The number of aromatic hydroxyl groups is 1. The summed E-state index contributed by atoms with van der Waals surface area (Å²) in [4.78, 5) is 1.91. The highest BCUT2D eigenvalue weighted by molar-refractivity contribution is 5.53. The summed E-state index contributed by atoms with van der Waals surface area (Å²) < 4.78 is 23.4. The van der Waals surface area contributed by atoms with Gasteiger partial charge in [0.25, 0.3) is 0 Å². The van der Waals surface area contributed by atoms with E-state index in [9.17, 15) is 9.50 Å². The third-order valence-electron chi connectivity index (χ3n) is 3.25. The largest absolute Gasteiger partial charge is 0.507 e. The molecule has 0 fully saturated rings. The molecule has 1 aliphatic heterocycles. The van der Waals surface area contributed by atoms with Crippen LogP contribution in [-0.2, 0) is 6.54 Å². The summed E-state index contributed by atoms with van der Waals surface area (Å²) in [6.45, 7) is 0.653. The predicted molar refractivity (Wildman–Crippen MR) is 72.7 cm³/mol. The molecule has 4 nitrogen and oxygen atoms in total. The second kappa shape index (κ2) is 4.92.